The molecular formula is C29H32F2N2O3. The first kappa shape index (κ1) is 25.8. The van der Waals surface area contributed by atoms with Crippen LogP contribution in [0.5, 0.6) is 5.75 Å². The van der Waals surface area contributed by atoms with E-state index in [0.29, 0.717) is 13.0 Å². The number of Topliss-reactive ketones (excluding diaryl/α,β-unsaturated/α-hetero) is 1. The second kappa shape index (κ2) is 12.1. The van der Waals surface area contributed by atoms with E-state index in [9.17, 15) is 18.7 Å². The molecule has 1 N–H and O–H groups in total. The number of halogens is 2. The molecule has 3 aromatic rings. The van der Waals surface area contributed by atoms with Crippen LogP contribution in [0, 0.1) is 18.6 Å². The molecule has 0 aliphatic carbocycles. The molecule has 1 atom stereocenters. The normalized spacial score (nSPS) is 15.1. The molecule has 4 rings (SSSR count). The van der Waals surface area contributed by atoms with Gasteiger partial charge in [0.05, 0.1) is 5.56 Å². The zero-order valence-corrected chi connectivity index (χ0v) is 20.5. The molecule has 0 radical (unpaired) electrons. The zero-order valence-electron chi connectivity index (χ0n) is 20.5. The number of nitrogens with zero attached hydrogens (tertiary/aromatic N) is 2. The van der Waals surface area contributed by atoms with Crippen LogP contribution in [-0.4, -0.2) is 61.2 Å². The van der Waals surface area contributed by atoms with Gasteiger partial charge in [-0.25, -0.2) is 8.78 Å². The average Bonchev–Trinajstić information content (AvgIpc) is 2.88. The molecule has 0 amide bonds. The summed E-state index contributed by atoms with van der Waals surface area (Å²) in [7, 11) is 0. The summed E-state index contributed by atoms with van der Waals surface area (Å²) in [5.74, 6) is -0.878. The van der Waals surface area contributed by atoms with Gasteiger partial charge in [-0.2, -0.15) is 0 Å². The van der Waals surface area contributed by atoms with E-state index >= 15 is 0 Å². The molecule has 0 saturated carbocycles. The van der Waals surface area contributed by atoms with Gasteiger partial charge in [0.2, 0.25) is 0 Å². The smallest absolute Gasteiger partial charge is 0.167 e. The van der Waals surface area contributed by atoms with Crippen LogP contribution in [0.1, 0.15) is 27.9 Å². The van der Waals surface area contributed by atoms with Gasteiger partial charge in [0, 0.05) is 44.8 Å². The fourth-order valence-corrected chi connectivity index (χ4v) is 4.37. The Hall–Kier alpha value is -3.29. The van der Waals surface area contributed by atoms with E-state index < -0.39 is 11.9 Å². The minimum absolute atomic E-state index is 0.00203. The van der Waals surface area contributed by atoms with Gasteiger partial charge in [0.1, 0.15) is 30.1 Å². The number of hydrogen-bond acceptors (Lipinski definition) is 5. The number of anilines is 1. The van der Waals surface area contributed by atoms with Crippen molar-refractivity contribution in [3.63, 3.8) is 0 Å². The van der Waals surface area contributed by atoms with Crippen molar-refractivity contribution < 1.29 is 23.4 Å². The third-order valence-electron chi connectivity index (χ3n) is 6.47. The number of benzene rings is 3. The van der Waals surface area contributed by atoms with Gasteiger partial charge in [-0.15, -0.1) is 0 Å². The second-order valence-electron chi connectivity index (χ2n) is 9.28. The highest BCUT2D eigenvalue weighted by Gasteiger charge is 2.21. The maximum Gasteiger partial charge on any atom is 0.167 e. The van der Waals surface area contributed by atoms with Crippen molar-refractivity contribution in [1.82, 2.24) is 4.90 Å². The summed E-state index contributed by atoms with van der Waals surface area (Å²) in [5, 5.41) is 10.6. The van der Waals surface area contributed by atoms with E-state index in [-0.39, 0.29) is 35.9 Å². The second-order valence-corrected chi connectivity index (χ2v) is 9.28. The van der Waals surface area contributed by atoms with Crippen molar-refractivity contribution >= 4 is 11.5 Å². The van der Waals surface area contributed by atoms with Crippen LogP contribution in [0.4, 0.5) is 14.5 Å². The fourth-order valence-electron chi connectivity index (χ4n) is 4.37. The Labute approximate surface area is 210 Å². The largest absolute Gasteiger partial charge is 0.490 e. The monoisotopic (exact) mass is 494 g/mol. The Morgan fingerprint density at radius 1 is 0.944 bits per heavy atom. The minimum Gasteiger partial charge on any atom is -0.490 e. The summed E-state index contributed by atoms with van der Waals surface area (Å²) in [6.07, 6.45) is -0.200. The summed E-state index contributed by atoms with van der Waals surface area (Å²) >= 11 is 0. The van der Waals surface area contributed by atoms with Crippen molar-refractivity contribution in [3.8, 4) is 5.75 Å². The van der Waals surface area contributed by atoms with Gasteiger partial charge in [-0.1, -0.05) is 29.8 Å². The van der Waals surface area contributed by atoms with Crippen molar-refractivity contribution in [2.75, 3.05) is 44.2 Å². The first-order valence-electron chi connectivity index (χ1n) is 12.3. The predicted octanol–water partition coefficient (Wildman–Crippen LogP) is 4.65. The minimum atomic E-state index is -0.747. The van der Waals surface area contributed by atoms with Crippen molar-refractivity contribution in [1.29, 1.82) is 0 Å². The molecule has 1 aliphatic heterocycles. The molecule has 1 saturated heterocycles. The Morgan fingerprint density at radius 3 is 2.31 bits per heavy atom. The van der Waals surface area contributed by atoms with Crippen LogP contribution in [0.3, 0.4) is 0 Å². The predicted molar refractivity (Wildman–Crippen MR) is 137 cm³/mol. The Balaban J connectivity index is 1.27. The quantitative estimate of drug-likeness (QED) is 0.416. The number of aryl methyl sites for hydroxylation is 2. The highest BCUT2D eigenvalue weighted by Crippen LogP contribution is 2.23. The highest BCUT2D eigenvalue weighted by atomic mass is 19.1. The maximum atomic E-state index is 13.9. The van der Waals surface area contributed by atoms with Crippen LogP contribution in [0.2, 0.25) is 0 Å². The number of hydrogen-bond donors (Lipinski definition) is 1. The van der Waals surface area contributed by atoms with E-state index in [4.69, 9.17) is 4.74 Å². The highest BCUT2D eigenvalue weighted by molar-refractivity contribution is 5.98. The summed E-state index contributed by atoms with van der Waals surface area (Å²) in [5.41, 5.74) is 3.41. The summed E-state index contributed by atoms with van der Waals surface area (Å²) in [6.45, 7) is 5.94. The molecule has 1 unspecified atom stereocenters. The van der Waals surface area contributed by atoms with E-state index in [0.717, 1.165) is 31.7 Å². The molecule has 1 fully saturated rings. The Kier molecular flexibility index (Phi) is 8.67. The van der Waals surface area contributed by atoms with Gasteiger partial charge >= 0.3 is 0 Å². The molecule has 0 aromatic heterocycles. The summed E-state index contributed by atoms with van der Waals surface area (Å²) < 4.78 is 32.7. The third kappa shape index (κ3) is 7.12. The Morgan fingerprint density at radius 2 is 1.61 bits per heavy atom. The van der Waals surface area contributed by atoms with Gasteiger partial charge in [-0.05, 0) is 61.4 Å². The SMILES string of the molecule is Cc1ccc(N2CCN(CC(O)COc3ccc(F)cc3C(=O)CCc3ccc(F)cc3)CC2)cc1. The number of rotatable bonds is 10. The summed E-state index contributed by atoms with van der Waals surface area (Å²) in [4.78, 5) is 17.3. The van der Waals surface area contributed by atoms with Gasteiger partial charge in [0.25, 0.3) is 0 Å². The molecular weight excluding hydrogens is 462 g/mol. The fraction of sp³-hybridized carbons (Fsp3) is 0.345. The van der Waals surface area contributed by atoms with E-state index in [1.807, 2.05) is 0 Å². The number of β-amino-alcohol motifs (C(OH)–C–C–N with tert-alkyl or cyclic N) is 1. The topological polar surface area (TPSA) is 53.0 Å². The van der Waals surface area contributed by atoms with E-state index in [1.165, 1.54) is 41.6 Å². The number of aliphatic hydroxyl groups is 1. The van der Waals surface area contributed by atoms with E-state index in [2.05, 4.69) is 41.0 Å². The molecule has 7 heteroatoms. The summed E-state index contributed by atoms with van der Waals surface area (Å²) in [6, 6.07) is 18.3. The number of ketones is 1. The number of carbonyl (C=O) groups is 1. The van der Waals surface area contributed by atoms with Gasteiger partial charge in [-0.3, -0.25) is 9.69 Å². The van der Waals surface area contributed by atoms with Gasteiger partial charge < -0.3 is 14.7 Å². The number of piperazine rings is 1. The molecule has 36 heavy (non-hydrogen) atoms. The van der Waals surface area contributed by atoms with Crippen molar-refractivity contribution in [3.05, 3.63) is 95.1 Å². The van der Waals surface area contributed by atoms with Crippen molar-refractivity contribution in [2.45, 2.75) is 25.9 Å². The molecule has 3 aromatic carbocycles. The maximum absolute atomic E-state index is 13.9. The molecule has 1 aliphatic rings. The standard InChI is InChI=1S/C29H32F2N2O3/c1-21-2-10-25(11-3-21)33-16-14-32(15-17-33)19-26(34)20-36-29-13-9-24(31)18-27(29)28(35)12-6-22-4-7-23(30)8-5-22/h2-5,7-11,13,18,26,34H,6,12,14-17,19-20H2,1H3. The van der Waals surface area contributed by atoms with Crippen LogP contribution >= 0.6 is 0 Å². The number of ether oxygens (including phenoxy) is 1. The molecule has 190 valence electrons. The molecule has 0 bridgehead atoms. The van der Waals surface area contributed by atoms with Crippen molar-refractivity contribution in [2.24, 2.45) is 0 Å². The Bertz CT molecular complexity index is 1140. The lowest BCUT2D eigenvalue weighted by Gasteiger charge is -2.37. The zero-order chi connectivity index (χ0) is 25.5. The molecule has 5 nitrogen and oxygen atoms in total. The van der Waals surface area contributed by atoms with Crippen LogP contribution in [0.15, 0.2) is 66.7 Å². The lowest BCUT2D eigenvalue weighted by atomic mass is 10.0. The lowest BCUT2D eigenvalue weighted by Crippen LogP contribution is -2.49. The average molecular weight is 495 g/mol. The first-order valence-corrected chi connectivity index (χ1v) is 12.3. The lowest BCUT2D eigenvalue weighted by molar-refractivity contribution is 0.0655. The van der Waals surface area contributed by atoms with Crippen LogP contribution in [0.25, 0.3) is 0 Å². The van der Waals surface area contributed by atoms with Crippen LogP contribution < -0.4 is 9.64 Å². The third-order valence-corrected chi connectivity index (χ3v) is 6.47. The number of carbonyl (C=O) groups excluding carboxylic acids is 1. The molecule has 0 spiro atoms. The van der Waals surface area contributed by atoms with Gasteiger partial charge in [0.15, 0.2) is 5.78 Å². The van der Waals surface area contributed by atoms with E-state index in [1.54, 1.807) is 12.1 Å². The first-order chi connectivity index (χ1) is 17.4. The molecule has 1 heterocycles. The number of aliphatic hydroxyl groups excluding tert-OH is 1. The van der Waals surface area contributed by atoms with Crippen LogP contribution in [-0.2, 0) is 6.42 Å².